The maximum absolute atomic E-state index is 14.8. The predicted octanol–water partition coefficient (Wildman–Crippen LogP) is 8.65. The molecule has 0 amide bonds. The van der Waals surface area contributed by atoms with Gasteiger partial charge in [0.05, 0.1) is 6.61 Å². The summed E-state index contributed by atoms with van der Waals surface area (Å²) in [5, 5.41) is 0. The van der Waals surface area contributed by atoms with Crippen LogP contribution in [-0.4, -0.2) is 6.61 Å². The average Bonchev–Trinajstić information content (AvgIpc) is 2.87. The average molecular weight is 473 g/mol. The van der Waals surface area contributed by atoms with E-state index in [4.69, 9.17) is 4.74 Å². The van der Waals surface area contributed by atoms with Crippen molar-refractivity contribution < 1.29 is 17.9 Å². The van der Waals surface area contributed by atoms with Crippen molar-refractivity contribution in [2.45, 2.75) is 26.7 Å². The Hall–Kier alpha value is -3.79. The molecule has 0 fully saturated rings. The third-order valence-corrected chi connectivity index (χ3v) is 5.94. The van der Waals surface area contributed by atoms with Gasteiger partial charge in [0.2, 0.25) is 0 Å². The summed E-state index contributed by atoms with van der Waals surface area (Å²) in [7, 11) is 0. The summed E-state index contributed by atoms with van der Waals surface area (Å²) in [5.41, 5.74) is 4.42. The van der Waals surface area contributed by atoms with Gasteiger partial charge in [0, 0.05) is 17.2 Å². The third kappa shape index (κ3) is 5.65. The van der Waals surface area contributed by atoms with Crippen LogP contribution >= 0.6 is 0 Å². The van der Waals surface area contributed by atoms with E-state index >= 15 is 0 Å². The van der Waals surface area contributed by atoms with E-state index in [1.54, 1.807) is 36.4 Å². The summed E-state index contributed by atoms with van der Waals surface area (Å²) >= 11 is 0. The summed E-state index contributed by atoms with van der Waals surface area (Å²) in [5.74, 6) is -1.50. The Bertz CT molecular complexity index is 1320. The summed E-state index contributed by atoms with van der Waals surface area (Å²) in [4.78, 5) is 0. The molecule has 4 heteroatoms. The Morgan fingerprint density at radius 2 is 1.37 bits per heavy atom. The second kappa shape index (κ2) is 11.1. The minimum Gasteiger partial charge on any atom is -0.494 e. The number of benzene rings is 4. The molecular weight excluding hydrogens is 445 g/mol. The van der Waals surface area contributed by atoms with Gasteiger partial charge in [-0.3, -0.25) is 0 Å². The first-order valence-electron chi connectivity index (χ1n) is 11.7. The largest absolute Gasteiger partial charge is 0.494 e. The Morgan fingerprint density at radius 3 is 2.03 bits per heavy atom. The Morgan fingerprint density at radius 1 is 0.714 bits per heavy atom. The second-order valence-corrected chi connectivity index (χ2v) is 8.29. The standard InChI is InChI=1S/C31H27F3O/c1-3-5-21-6-13-24(14-7-21)28-18-16-25(30(33)31(28)34)15-10-22-8-11-23(12-9-22)27-19-17-26(35-4-2)20-29(27)32/h3,5-9,11-14,16-20H,4,10,15H2,1-2H3. The quantitative estimate of drug-likeness (QED) is 0.249. The molecule has 178 valence electrons. The van der Waals surface area contributed by atoms with Gasteiger partial charge in [-0.25, -0.2) is 13.2 Å². The number of hydrogen-bond donors (Lipinski definition) is 0. The normalized spacial score (nSPS) is 11.2. The van der Waals surface area contributed by atoms with E-state index < -0.39 is 11.6 Å². The van der Waals surface area contributed by atoms with Crippen LogP contribution in [0.5, 0.6) is 5.75 Å². The fraction of sp³-hybridized carbons (Fsp3) is 0.161. The van der Waals surface area contributed by atoms with E-state index in [2.05, 4.69) is 0 Å². The second-order valence-electron chi connectivity index (χ2n) is 8.29. The molecule has 35 heavy (non-hydrogen) atoms. The van der Waals surface area contributed by atoms with E-state index in [9.17, 15) is 13.2 Å². The summed E-state index contributed by atoms with van der Waals surface area (Å²) < 4.78 is 49.5. The molecule has 1 nitrogen and oxygen atoms in total. The Balaban J connectivity index is 1.45. The molecule has 0 saturated carbocycles. The number of rotatable bonds is 8. The van der Waals surface area contributed by atoms with Crippen molar-refractivity contribution in [2.24, 2.45) is 0 Å². The van der Waals surface area contributed by atoms with Crippen molar-refractivity contribution >= 4 is 6.08 Å². The zero-order valence-corrected chi connectivity index (χ0v) is 19.8. The lowest BCUT2D eigenvalue weighted by Crippen LogP contribution is -2.00. The molecule has 0 heterocycles. The highest BCUT2D eigenvalue weighted by Gasteiger charge is 2.15. The first-order valence-corrected chi connectivity index (χ1v) is 11.7. The van der Waals surface area contributed by atoms with Crippen LogP contribution in [0.25, 0.3) is 28.3 Å². The maximum atomic E-state index is 14.8. The van der Waals surface area contributed by atoms with Crippen LogP contribution in [0, 0.1) is 17.5 Å². The minimum absolute atomic E-state index is 0.250. The maximum Gasteiger partial charge on any atom is 0.166 e. The van der Waals surface area contributed by atoms with Gasteiger partial charge < -0.3 is 4.74 Å². The molecule has 4 aromatic rings. The Labute approximate surface area is 204 Å². The molecular formula is C31H27F3O. The lowest BCUT2D eigenvalue weighted by Gasteiger charge is -2.10. The highest BCUT2D eigenvalue weighted by Crippen LogP contribution is 2.29. The van der Waals surface area contributed by atoms with Crippen LogP contribution < -0.4 is 4.74 Å². The van der Waals surface area contributed by atoms with E-state index in [0.717, 1.165) is 16.7 Å². The Kier molecular flexibility index (Phi) is 7.71. The summed E-state index contributed by atoms with van der Waals surface area (Å²) in [6.45, 7) is 4.26. The van der Waals surface area contributed by atoms with Gasteiger partial charge in [-0.2, -0.15) is 0 Å². The van der Waals surface area contributed by atoms with Crippen LogP contribution in [0.15, 0.2) is 84.9 Å². The number of hydrogen-bond acceptors (Lipinski definition) is 1. The van der Waals surface area contributed by atoms with Crippen LogP contribution in [0.4, 0.5) is 13.2 Å². The summed E-state index contributed by atoms with van der Waals surface area (Å²) in [6, 6.07) is 22.9. The van der Waals surface area contributed by atoms with Crippen molar-refractivity contribution in [1.29, 1.82) is 0 Å². The first kappa shape index (κ1) is 24.3. The topological polar surface area (TPSA) is 9.23 Å². The van der Waals surface area contributed by atoms with Crippen molar-refractivity contribution in [2.75, 3.05) is 6.61 Å². The number of allylic oxidation sites excluding steroid dienone is 1. The zero-order valence-electron chi connectivity index (χ0n) is 19.8. The number of halogens is 3. The van der Waals surface area contributed by atoms with Gasteiger partial charge >= 0.3 is 0 Å². The molecule has 0 aliphatic heterocycles. The predicted molar refractivity (Wildman–Crippen MR) is 137 cm³/mol. The lowest BCUT2D eigenvalue weighted by molar-refractivity contribution is 0.338. The van der Waals surface area contributed by atoms with Crippen LogP contribution in [0.3, 0.4) is 0 Å². The molecule has 0 spiro atoms. The fourth-order valence-electron chi connectivity index (χ4n) is 4.09. The van der Waals surface area contributed by atoms with Gasteiger partial charge in [0.1, 0.15) is 11.6 Å². The fourth-order valence-corrected chi connectivity index (χ4v) is 4.09. The molecule has 0 radical (unpaired) electrons. The van der Waals surface area contributed by atoms with E-state index in [1.807, 2.05) is 62.4 Å². The smallest absolute Gasteiger partial charge is 0.166 e. The van der Waals surface area contributed by atoms with Crippen molar-refractivity contribution in [3.05, 3.63) is 119 Å². The van der Waals surface area contributed by atoms with E-state index in [1.165, 1.54) is 6.07 Å². The molecule has 0 aromatic heterocycles. The number of ether oxygens (including phenoxy) is 1. The highest BCUT2D eigenvalue weighted by atomic mass is 19.2. The molecule has 0 unspecified atom stereocenters. The lowest BCUT2D eigenvalue weighted by atomic mass is 9.97. The van der Waals surface area contributed by atoms with Crippen molar-refractivity contribution in [3.63, 3.8) is 0 Å². The van der Waals surface area contributed by atoms with Crippen molar-refractivity contribution in [3.8, 4) is 28.0 Å². The number of aryl methyl sites for hydroxylation is 2. The molecule has 0 bridgehead atoms. The van der Waals surface area contributed by atoms with E-state index in [0.29, 0.717) is 41.9 Å². The molecule has 0 atom stereocenters. The molecule has 0 aliphatic rings. The van der Waals surface area contributed by atoms with Gasteiger partial charge in [-0.05, 0) is 66.6 Å². The monoisotopic (exact) mass is 472 g/mol. The molecule has 0 aliphatic carbocycles. The molecule has 4 rings (SSSR count). The van der Waals surface area contributed by atoms with Crippen molar-refractivity contribution in [1.82, 2.24) is 0 Å². The van der Waals surface area contributed by atoms with Gasteiger partial charge in [-0.15, -0.1) is 0 Å². The molecule has 0 saturated heterocycles. The third-order valence-electron chi connectivity index (χ3n) is 5.94. The van der Waals surface area contributed by atoms with Crippen LogP contribution in [0.1, 0.15) is 30.5 Å². The minimum atomic E-state index is -0.831. The van der Waals surface area contributed by atoms with Gasteiger partial charge in [-0.1, -0.05) is 72.8 Å². The van der Waals surface area contributed by atoms with Gasteiger partial charge in [0.15, 0.2) is 11.6 Å². The highest BCUT2D eigenvalue weighted by molar-refractivity contribution is 5.67. The van der Waals surface area contributed by atoms with Crippen LogP contribution in [-0.2, 0) is 12.8 Å². The molecule has 0 N–H and O–H groups in total. The zero-order chi connectivity index (χ0) is 24.8. The summed E-state index contributed by atoms with van der Waals surface area (Å²) in [6.07, 6.45) is 4.78. The van der Waals surface area contributed by atoms with Gasteiger partial charge in [0.25, 0.3) is 0 Å². The SMILES string of the molecule is CC=Cc1ccc(-c2ccc(CCc3ccc(-c4ccc(OCC)cc4F)cc3)c(F)c2F)cc1. The van der Waals surface area contributed by atoms with E-state index in [-0.39, 0.29) is 11.4 Å². The molecule has 4 aromatic carbocycles. The van der Waals surface area contributed by atoms with Crippen LogP contribution in [0.2, 0.25) is 0 Å². The first-order chi connectivity index (χ1) is 17.0.